The molecule has 1 aliphatic rings. The summed E-state index contributed by atoms with van der Waals surface area (Å²) in [5.41, 5.74) is 0.578. The highest BCUT2D eigenvalue weighted by molar-refractivity contribution is 5.94. The van der Waals surface area contributed by atoms with Crippen molar-refractivity contribution in [3.63, 3.8) is 0 Å². The lowest BCUT2D eigenvalue weighted by molar-refractivity contribution is 0.0944. The molecule has 0 saturated carbocycles. The van der Waals surface area contributed by atoms with E-state index in [9.17, 15) is 4.79 Å². The van der Waals surface area contributed by atoms with Crippen LogP contribution in [0.3, 0.4) is 0 Å². The van der Waals surface area contributed by atoms with Crippen molar-refractivity contribution in [3.05, 3.63) is 29.8 Å². The Hall–Kier alpha value is -1.59. The summed E-state index contributed by atoms with van der Waals surface area (Å²) < 4.78 is 5.73. The molecule has 1 amide bonds. The van der Waals surface area contributed by atoms with Gasteiger partial charge in [-0.2, -0.15) is 0 Å². The molecule has 1 saturated heterocycles. The second-order valence-electron chi connectivity index (χ2n) is 5.33. The Morgan fingerprint density at radius 1 is 1.29 bits per heavy atom. The molecule has 5 nitrogen and oxygen atoms in total. The fourth-order valence-electron chi connectivity index (χ4n) is 2.49. The van der Waals surface area contributed by atoms with Gasteiger partial charge in [0.2, 0.25) is 0 Å². The SMILES string of the molecule is O=C(NCCO)c1ccc(OCCC2CCNCC2)cc1. The number of aliphatic hydroxyl groups excluding tert-OH is 1. The third-order valence-corrected chi connectivity index (χ3v) is 3.77. The third kappa shape index (κ3) is 5.36. The van der Waals surface area contributed by atoms with Gasteiger partial charge in [-0.15, -0.1) is 0 Å². The molecule has 1 aromatic rings. The number of aliphatic hydroxyl groups is 1. The second-order valence-corrected chi connectivity index (χ2v) is 5.33. The van der Waals surface area contributed by atoms with Crippen LogP contribution < -0.4 is 15.4 Å². The van der Waals surface area contributed by atoms with Crippen LogP contribution in [0.4, 0.5) is 0 Å². The summed E-state index contributed by atoms with van der Waals surface area (Å²) in [5.74, 6) is 1.38. The number of nitrogens with one attached hydrogen (secondary N) is 2. The zero-order valence-corrected chi connectivity index (χ0v) is 12.3. The molecule has 116 valence electrons. The van der Waals surface area contributed by atoms with E-state index in [2.05, 4.69) is 10.6 Å². The minimum absolute atomic E-state index is 0.0520. The Kier molecular flexibility index (Phi) is 6.50. The van der Waals surface area contributed by atoms with E-state index in [1.807, 2.05) is 12.1 Å². The van der Waals surface area contributed by atoms with E-state index in [1.54, 1.807) is 12.1 Å². The first kappa shape index (κ1) is 15.8. The molecule has 1 fully saturated rings. The van der Waals surface area contributed by atoms with E-state index in [0.717, 1.165) is 37.8 Å². The van der Waals surface area contributed by atoms with Gasteiger partial charge in [0.15, 0.2) is 0 Å². The Morgan fingerprint density at radius 2 is 2.00 bits per heavy atom. The van der Waals surface area contributed by atoms with Gasteiger partial charge >= 0.3 is 0 Å². The summed E-state index contributed by atoms with van der Waals surface area (Å²) in [6.45, 7) is 3.17. The van der Waals surface area contributed by atoms with Crippen LogP contribution in [0, 0.1) is 5.92 Å². The van der Waals surface area contributed by atoms with Crippen LogP contribution in [0.2, 0.25) is 0 Å². The average Bonchev–Trinajstić information content (AvgIpc) is 2.54. The molecule has 0 unspecified atom stereocenters. The summed E-state index contributed by atoms with van der Waals surface area (Å²) in [6.07, 6.45) is 3.54. The number of piperidine rings is 1. The lowest BCUT2D eigenvalue weighted by Gasteiger charge is -2.22. The van der Waals surface area contributed by atoms with E-state index in [0.29, 0.717) is 5.56 Å². The number of carbonyl (C=O) groups is 1. The second kappa shape index (κ2) is 8.64. The molecule has 0 aromatic heterocycles. The van der Waals surface area contributed by atoms with Crippen LogP contribution in [0.1, 0.15) is 29.6 Å². The van der Waals surface area contributed by atoms with Crippen molar-refractivity contribution >= 4 is 5.91 Å². The third-order valence-electron chi connectivity index (χ3n) is 3.77. The molecule has 1 heterocycles. The summed E-state index contributed by atoms with van der Waals surface area (Å²) in [5, 5.41) is 14.7. The number of hydrogen-bond acceptors (Lipinski definition) is 4. The van der Waals surface area contributed by atoms with Crippen LogP contribution in [0.5, 0.6) is 5.75 Å². The molecule has 0 spiro atoms. The van der Waals surface area contributed by atoms with E-state index >= 15 is 0 Å². The van der Waals surface area contributed by atoms with Crippen molar-refractivity contribution in [3.8, 4) is 5.75 Å². The van der Waals surface area contributed by atoms with Crippen LogP contribution >= 0.6 is 0 Å². The number of ether oxygens (including phenoxy) is 1. The molecule has 2 rings (SSSR count). The highest BCUT2D eigenvalue weighted by atomic mass is 16.5. The predicted octanol–water partition coefficient (Wildman–Crippen LogP) is 1.18. The summed E-state index contributed by atoms with van der Waals surface area (Å²) >= 11 is 0. The van der Waals surface area contributed by atoms with Gasteiger partial charge in [-0.1, -0.05) is 0 Å². The molecule has 3 N–H and O–H groups in total. The first-order chi connectivity index (χ1) is 10.3. The molecule has 0 bridgehead atoms. The number of hydrogen-bond donors (Lipinski definition) is 3. The largest absolute Gasteiger partial charge is 0.494 e. The summed E-state index contributed by atoms with van der Waals surface area (Å²) in [7, 11) is 0. The van der Waals surface area contributed by atoms with Crippen LogP contribution in [0.15, 0.2) is 24.3 Å². The lowest BCUT2D eigenvalue weighted by Crippen LogP contribution is -2.28. The van der Waals surface area contributed by atoms with Crippen molar-refractivity contribution in [1.82, 2.24) is 10.6 Å². The average molecular weight is 292 g/mol. The molecule has 5 heteroatoms. The molecule has 0 aliphatic carbocycles. The van der Waals surface area contributed by atoms with Crippen molar-refractivity contribution in [2.24, 2.45) is 5.92 Å². The standard InChI is InChI=1S/C16H24N2O3/c19-11-10-18-16(20)14-1-3-15(4-2-14)21-12-7-13-5-8-17-9-6-13/h1-4,13,17,19H,5-12H2,(H,18,20). The summed E-state index contributed by atoms with van der Waals surface area (Å²) in [4.78, 5) is 11.7. The van der Waals surface area contributed by atoms with Gasteiger partial charge in [0, 0.05) is 12.1 Å². The highest BCUT2D eigenvalue weighted by Gasteiger charge is 2.12. The van der Waals surface area contributed by atoms with Crippen molar-refractivity contribution in [1.29, 1.82) is 0 Å². The molecule has 1 aromatic carbocycles. The molecule has 0 atom stereocenters. The smallest absolute Gasteiger partial charge is 0.251 e. The highest BCUT2D eigenvalue weighted by Crippen LogP contribution is 2.17. The van der Waals surface area contributed by atoms with Gasteiger partial charge in [0.25, 0.3) is 5.91 Å². The van der Waals surface area contributed by atoms with Gasteiger partial charge in [-0.25, -0.2) is 0 Å². The van der Waals surface area contributed by atoms with E-state index < -0.39 is 0 Å². The maximum atomic E-state index is 11.7. The van der Waals surface area contributed by atoms with E-state index in [4.69, 9.17) is 9.84 Å². The maximum absolute atomic E-state index is 11.7. The van der Waals surface area contributed by atoms with Crippen LogP contribution in [-0.4, -0.2) is 43.9 Å². The van der Waals surface area contributed by atoms with Crippen molar-refractivity contribution < 1.29 is 14.6 Å². The first-order valence-corrected chi connectivity index (χ1v) is 7.62. The quantitative estimate of drug-likeness (QED) is 0.706. The van der Waals surface area contributed by atoms with Crippen LogP contribution in [0.25, 0.3) is 0 Å². The first-order valence-electron chi connectivity index (χ1n) is 7.62. The van der Waals surface area contributed by atoms with E-state index in [-0.39, 0.29) is 19.1 Å². The van der Waals surface area contributed by atoms with Gasteiger partial charge in [0.1, 0.15) is 5.75 Å². The maximum Gasteiger partial charge on any atom is 0.251 e. The molecular weight excluding hydrogens is 268 g/mol. The lowest BCUT2D eigenvalue weighted by atomic mass is 9.95. The molecule has 0 radical (unpaired) electrons. The number of benzene rings is 1. The Bertz CT molecular complexity index is 428. The van der Waals surface area contributed by atoms with E-state index in [1.165, 1.54) is 12.8 Å². The minimum atomic E-state index is -0.176. The Morgan fingerprint density at radius 3 is 2.67 bits per heavy atom. The normalized spacial score (nSPS) is 15.7. The molecular formula is C16H24N2O3. The number of carbonyl (C=O) groups excluding carboxylic acids is 1. The van der Waals surface area contributed by atoms with Crippen LogP contribution in [-0.2, 0) is 0 Å². The number of rotatable bonds is 7. The molecule has 21 heavy (non-hydrogen) atoms. The fraction of sp³-hybridized carbons (Fsp3) is 0.562. The molecule has 1 aliphatic heterocycles. The van der Waals surface area contributed by atoms with Gasteiger partial charge in [-0.05, 0) is 62.5 Å². The minimum Gasteiger partial charge on any atom is -0.494 e. The monoisotopic (exact) mass is 292 g/mol. The topological polar surface area (TPSA) is 70.6 Å². The number of amides is 1. The Balaban J connectivity index is 1.72. The summed E-state index contributed by atoms with van der Waals surface area (Å²) in [6, 6.07) is 7.12. The van der Waals surface area contributed by atoms with Crippen molar-refractivity contribution in [2.45, 2.75) is 19.3 Å². The fourth-order valence-corrected chi connectivity index (χ4v) is 2.49. The zero-order chi connectivity index (χ0) is 14.9. The van der Waals surface area contributed by atoms with Gasteiger partial charge < -0.3 is 20.5 Å². The predicted molar refractivity (Wildman–Crippen MR) is 81.6 cm³/mol. The Labute approximate surface area is 125 Å². The van der Waals surface area contributed by atoms with Gasteiger partial charge in [-0.3, -0.25) is 4.79 Å². The zero-order valence-electron chi connectivity index (χ0n) is 12.3. The van der Waals surface area contributed by atoms with Crippen molar-refractivity contribution in [2.75, 3.05) is 32.8 Å². The van der Waals surface area contributed by atoms with Gasteiger partial charge in [0.05, 0.1) is 13.2 Å².